The Morgan fingerprint density at radius 2 is 2.13 bits per heavy atom. The third-order valence-corrected chi connectivity index (χ3v) is 2.56. The van der Waals surface area contributed by atoms with Crippen molar-refractivity contribution >= 4 is 10.9 Å². The Morgan fingerprint density at radius 3 is 2.80 bits per heavy atom. The van der Waals surface area contributed by atoms with E-state index in [1.807, 2.05) is 13.8 Å². The molecular weight excluding hydrogens is 193 g/mol. The second kappa shape index (κ2) is 3.50. The highest BCUT2D eigenvalue weighted by Crippen LogP contribution is 2.27. The molecule has 2 aromatic rings. The summed E-state index contributed by atoms with van der Waals surface area (Å²) in [6.45, 7) is 3.76. The lowest BCUT2D eigenvalue weighted by molar-refractivity contribution is 0.475. The van der Waals surface area contributed by atoms with Gasteiger partial charge in [-0.3, -0.25) is 4.98 Å². The van der Waals surface area contributed by atoms with Crippen molar-refractivity contribution in [3.05, 3.63) is 35.3 Å². The molecule has 0 fully saturated rings. The van der Waals surface area contributed by atoms with Crippen LogP contribution in [0.4, 0.5) is 4.39 Å². The van der Waals surface area contributed by atoms with Crippen LogP contribution in [0.1, 0.15) is 18.1 Å². The van der Waals surface area contributed by atoms with E-state index >= 15 is 0 Å². The van der Waals surface area contributed by atoms with E-state index in [2.05, 4.69) is 4.98 Å². The van der Waals surface area contributed by atoms with Crippen LogP contribution in [0.3, 0.4) is 0 Å². The average Bonchev–Trinajstić information content (AvgIpc) is 2.18. The maximum Gasteiger partial charge on any atom is 0.145 e. The average molecular weight is 205 g/mol. The van der Waals surface area contributed by atoms with Crippen LogP contribution in [0, 0.1) is 12.7 Å². The number of aromatic hydroxyl groups is 1. The van der Waals surface area contributed by atoms with Crippen molar-refractivity contribution in [3.63, 3.8) is 0 Å². The van der Waals surface area contributed by atoms with Crippen molar-refractivity contribution in [1.82, 2.24) is 4.98 Å². The summed E-state index contributed by atoms with van der Waals surface area (Å²) in [4.78, 5) is 3.98. The molecule has 3 heteroatoms. The molecule has 0 radical (unpaired) electrons. The number of aryl methyl sites for hydroxylation is 2. The van der Waals surface area contributed by atoms with E-state index in [0.29, 0.717) is 17.5 Å². The molecule has 1 aromatic heterocycles. The molecule has 15 heavy (non-hydrogen) atoms. The smallest absolute Gasteiger partial charge is 0.145 e. The highest BCUT2D eigenvalue weighted by Gasteiger charge is 2.10. The number of phenolic OH excluding ortho intramolecular Hbond substituents is 1. The van der Waals surface area contributed by atoms with Crippen LogP contribution >= 0.6 is 0 Å². The third-order valence-electron chi connectivity index (χ3n) is 2.56. The standard InChI is InChI=1S/C12H12FNO/c1-3-9-10(13)6-14-11-5-8(15)4-7(2)12(9)11/h4-6,15H,3H2,1-2H3. The molecule has 0 spiro atoms. The van der Waals surface area contributed by atoms with Crippen molar-refractivity contribution < 1.29 is 9.50 Å². The van der Waals surface area contributed by atoms with Gasteiger partial charge < -0.3 is 5.11 Å². The van der Waals surface area contributed by atoms with Gasteiger partial charge in [0.1, 0.15) is 11.6 Å². The number of phenols is 1. The Morgan fingerprint density at radius 1 is 1.40 bits per heavy atom. The summed E-state index contributed by atoms with van der Waals surface area (Å²) >= 11 is 0. The zero-order valence-corrected chi connectivity index (χ0v) is 8.71. The van der Waals surface area contributed by atoms with Crippen molar-refractivity contribution in [2.75, 3.05) is 0 Å². The number of benzene rings is 1. The first-order valence-electron chi connectivity index (χ1n) is 4.90. The van der Waals surface area contributed by atoms with Gasteiger partial charge in [0.05, 0.1) is 11.7 Å². The fourth-order valence-corrected chi connectivity index (χ4v) is 1.91. The van der Waals surface area contributed by atoms with E-state index in [4.69, 9.17) is 0 Å². The fraction of sp³-hybridized carbons (Fsp3) is 0.250. The summed E-state index contributed by atoms with van der Waals surface area (Å²) in [5.41, 5.74) is 2.16. The van der Waals surface area contributed by atoms with Gasteiger partial charge in [0.15, 0.2) is 0 Å². The number of rotatable bonds is 1. The van der Waals surface area contributed by atoms with Crippen LogP contribution in [0.25, 0.3) is 10.9 Å². The zero-order chi connectivity index (χ0) is 11.0. The predicted molar refractivity (Wildman–Crippen MR) is 57.5 cm³/mol. The second-order valence-corrected chi connectivity index (χ2v) is 3.60. The Bertz CT molecular complexity index is 523. The normalized spacial score (nSPS) is 10.9. The molecule has 1 heterocycles. The van der Waals surface area contributed by atoms with Crippen LogP contribution in [0.15, 0.2) is 18.3 Å². The topological polar surface area (TPSA) is 33.1 Å². The van der Waals surface area contributed by atoms with E-state index in [-0.39, 0.29) is 11.6 Å². The molecule has 0 atom stereocenters. The van der Waals surface area contributed by atoms with Crippen molar-refractivity contribution in [2.24, 2.45) is 0 Å². The first-order valence-corrected chi connectivity index (χ1v) is 4.90. The minimum absolute atomic E-state index is 0.168. The molecule has 2 rings (SSSR count). The van der Waals surface area contributed by atoms with Crippen LogP contribution in [0.2, 0.25) is 0 Å². The molecule has 1 aromatic carbocycles. The van der Waals surface area contributed by atoms with Crippen molar-refractivity contribution in [3.8, 4) is 5.75 Å². The predicted octanol–water partition coefficient (Wildman–Crippen LogP) is 2.95. The molecule has 0 aliphatic heterocycles. The molecule has 0 aliphatic carbocycles. The molecule has 0 unspecified atom stereocenters. The number of pyridine rings is 1. The molecule has 0 saturated heterocycles. The highest BCUT2D eigenvalue weighted by molar-refractivity contribution is 5.86. The van der Waals surface area contributed by atoms with Gasteiger partial charge in [-0.1, -0.05) is 6.92 Å². The largest absolute Gasteiger partial charge is 0.508 e. The molecule has 1 N–H and O–H groups in total. The van der Waals surface area contributed by atoms with Gasteiger partial charge >= 0.3 is 0 Å². The first-order chi connectivity index (χ1) is 7.13. The molecule has 0 amide bonds. The monoisotopic (exact) mass is 205 g/mol. The minimum Gasteiger partial charge on any atom is -0.508 e. The van der Waals surface area contributed by atoms with Crippen molar-refractivity contribution in [2.45, 2.75) is 20.3 Å². The minimum atomic E-state index is -0.279. The third kappa shape index (κ3) is 1.54. The summed E-state index contributed by atoms with van der Waals surface area (Å²) in [5, 5.41) is 10.2. The van der Waals surface area contributed by atoms with Crippen LogP contribution in [-0.4, -0.2) is 10.1 Å². The number of nitrogens with zero attached hydrogens (tertiary/aromatic N) is 1. The molecule has 0 aliphatic rings. The lowest BCUT2D eigenvalue weighted by Crippen LogP contribution is -1.94. The number of fused-ring (bicyclic) bond motifs is 1. The van der Waals surface area contributed by atoms with Gasteiger partial charge in [0, 0.05) is 11.5 Å². The van der Waals surface area contributed by atoms with E-state index in [9.17, 15) is 9.50 Å². The zero-order valence-electron chi connectivity index (χ0n) is 8.71. The number of halogens is 1. The summed E-state index contributed by atoms with van der Waals surface area (Å²) in [5.74, 6) is -0.111. The van der Waals surface area contributed by atoms with Crippen LogP contribution < -0.4 is 0 Å². The van der Waals surface area contributed by atoms with Crippen molar-refractivity contribution in [1.29, 1.82) is 0 Å². The van der Waals surface area contributed by atoms with Gasteiger partial charge in [0.25, 0.3) is 0 Å². The van der Waals surface area contributed by atoms with Gasteiger partial charge in [-0.15, -0.1) is 0 Å². The number of hydrogen-bond donors (Lipinski definition) is 1. The van der Waals surface area contributed by atoms with Crippen LogP contribution in [0.5, 0.6) is 5.75 Å². The molecule has 0 bridgehead atoms. The number of hydrogen-bond acceptors (Lipinski definition) is 2. The molecule has 0 saturated carbocycles. The summed E-state index contributed by atoms with van der Waals surface area (Å²) < 4.78 is 13.5. The van der Waals surface area contributed by atoms with Gasteiger partial charge in [-0.05, 0) is 30.5 Å². The maximum atomic E-state index is 13.5. The lowest BCUT2D eigenvalue weighted by Gasteiger charge is -2.08. The summed E-state index contributed by atoms with van der Waals surface area (Å²) in [6.07, 6.45) is 1.83. The Kier molecular flexibility index (Phi) is 2.31. The second-order valence-electron chi connectivity index (χ2n) is 3.60. The summed E-state index contributed by atoms with van der Waals surface area (Å²) in [7, 11) is 0. The highest BCUT2D eigenvalue weighted by atomic mass is 19.1. The Labute approximate surface area is 87.4 Å². The van der Waals surface area contributed by atoms with E-state index in [1.54, 1.807) is 12.1 Å². The summed E-state index contributed by atoms with van der Waals surface area (Å²) in [6, 6.07) is 3.18. The first kappa shape index (κ1) is 9.90. The van der Waals surface area contributed by atoms with Gasteiger partial charge in [0.2, 0.25) is 0 Å². The number of aromatic nitrogens is 1. The molecule has 78 valence electrons. The van der Waals surface area contributed by atoms with Crippen LogP contribution in [-0.2, 0) is 6.42 Å². The van der Waals surface area contributed by atoms with Gasteiger partial charge in [-0.25, -0.2) is 4.39 Å². The maximum absolute atomic E-state index is 13.5. The van der Waals surface area contributed by atoms with E-state index < -0.39 is 0 Å². The lowest BCUT2D eigenvalue weighted by atomic mass is 10.0. The SMILES string of the molecule is CCc1c(F)cnc2cc(O)cc(C)c12. The quantitative estimate of drug-likeness (QED) is 0.776. The fourth-order valence-electron chi connectivity index (χ4n) is 1.91. The van der Waals surface area contributed by atoms with E-state index in [0.717, 1.165) is 10.9 Å². The van der Waals surface area contributed by atoms with E-state index in [1.165, 1.54) is 6.20 Å². The van der Waals surface area contributed by atoms with Gasteiger partial charge in [-0.2, -0.15) is 0 Å². The molecule has 2 nitrogen and oxygen atoms in total. The molecular formula is C12H12FNO. The Balaban J connectivity index is 2.91. The Hall–Kier alpha value is -1.64.